The summed E-state index contributed by atoms with van der Waals surface area (Å²) in [6.45, 7) is 4.91. The molecule has 0 saturated heterocycles. The van der Waals surface area contributed by atoms with E-state index >= 15 is 0 Å². The van der Waals surface area contributed by atoms with Gasteiger partial charge in [0, 0.05) is 22.9 Å². The van der Waals surface area contributed by atoms with Gasteiger partial charge < -0.3 is 24.6 Å². The average Bonchev–Trinajstić information content (AvgIpc) is 2.76. The van der Waals surface area contributed by atoms with Crippen LogP contribution in [0.1, 0.15) is 19.4 Å². The molecule has 3 aromatic rings. The van der Waals surface area contributed by atoms with Crippen molar-refractivity contribution in [3.63, 3.8) is 0 Å². The van der Waals surface area contributed by atoms with Gasteiger partial charge >= 0.3 is 0 Å². The van der Waals surface area contributed by atoms with E-state index in [1.807, 2.05) is 48.5 Å². The third kappa shape index (κ3) is 6.76. The molecule has 3 rings (SSSR count). The molecule has 0 spiro atoms. The lowest BCUT2D eigenvalue weighted by molar-refractivity contribution is 0.0996. The van der Waals surface area contributed by atoms with Crippen LogP contribution in [-0.2, 0) is 6.42 Å². The highest BCUT2D eigenvalue weighted by molar-refractivity contribution is 5.93. The van der Waals surface area contributed by atoms with Crippen LogP contribution < -0.4 is 19.5 Å². The molecule has 3 aromatic carbocycles. The molecule has 0 saturated carbocycles. The molecular formula is C25H32ClNO4. The Kier molecular flexibility index (Phi) is 8.99. The first-order chi connectivity index (χ1) is 14.4. The summed E-state index contributed by atoms with van der Waals surface area (Å²) in [5.74, 6) is 2.39. The van der Waals surface area contributed by atoms with E-state index in [-0.39, 0.29) is 24.6 Å². The Balaban J connectivity index is 0.00000341. The van der Waals surface area contributed by atoms with Gasteiger partial charge in [-0.1, -0.05) is 36.4 Å². The number of hydrogen-bond donors (Lipinski definition) is 2. The van der Waals surface area contributed by atoms with E-state index in [0.29, 0.717) is 6.54 Å². The number of ether oxygens (including phenoxy) is 3. The predicted molar refractivity (Wildman–Crippen MR) is 128 cm³/mol. The van der Waals surface area contributed by atoms with Gasteiger partial charge in [0.1, 0.15) is 30.0 Å². The summed E-state index contributed by atoms with van der Waals surface area (Å²) in [5.41, 5.74) is 1.05. The number of aliphatic hydroxyl groups is 1. The molecule has 0 aliphatic rings. The minimum atomic E-state index is -0.624. The van der Waals surface area contributed by atoms with Crippen LogP contribution >= 0.6 is 12.4 Å². The summed E-state index contributed by atoms with van der Waals surface area (Å²) in [5, 5.41) is 15.9. The van der Waals surface area contributed by atoms with Gasteiger partial charge in [0.2, 0.25) is 0 Å². The summed E-state index contributed by atoms with van der Waals surface area (Å²) in [6, 6.07) is 19.8. The van der Waals surface area contributed by atoms with Crippen LogP contribution in [0.5, 0.6) is 17.2 Å². The molecule has 0 amide bonds. The topological polar surface area (TPSA) is 60.0 Å². The van der Waals surface area contributed by atoms with Crippen LogP contribution in [-0.4, -0.2) is 44.1 Å². The van der Waals surface area contributed by atoms with Crippen molar-refractivity contribution < 1.29 is 19.3 Å². The number of rotatable bonds is 10. The Labute approximate surface area is 190 Å². The van der Waals surface area contributed by atoms with Crippen LogP contribution in [0.3, 0.4) is 0 Å². The van der Waals surface area contributed by atoms with Crippen molar-refractivity contribution in [3.05, 3.63) is 66.2 Å². The molecule has 1 atom stereocenters. The molecule has 0 fully saturated rings. The zero-order chi connectivity index (χ0) is 21.6. The van der Waals surface area contributed by atoms with Crippen molar-refractivity contribution in [2.45, 2.75) is 31.9 Å². The fraction of sp³-hybridized carbons (Fsp3) is 0.360. The molecular weight excluding hydrogens is 414 g/mol. The van der Waals surface area contributed by atoms with Crippen molar-refractivity contribution in [2.75, 3.05) is 27.4 Å². The third-order valence-corrected chi connectivity index (χ3v) is 5.11. The van der Waals surface area contributed by atoms with Gasteiger partial charge in [-0.2, -0.15) is 0 Å². The molecule has 5 nitrogen and oxygen atoms in total. The first-order valence-corrected chi connectivity index (χ1v) is 10.2. The SMILES string of the molecule is COc1ccc(CC(C)(C)NCC(O)COc2cccc3c(OC)cccc23)cc1.Cl. The quantitative estimate of drug-likeness (QED) is 0.476. The average molecular weight is 446 g/mol. The minimum Gasteiger partial charge on any atom is -0.497 e. The largest absolute Gasteiger partial charge is 0.497 e. The normalized spacial score (nSPS) is 12.2. The zero-order valence-corrected chi connectivity index (χ0v) is 19.4. The lowest BCUT2D eigenvalue weighted by atomic mass is 9.94. The van der Waals surface area contributed by atoms with Crippen LogP contribution in [0, 0.1) is 0 Å². The Bertz CT molecular complexity index is 959. The van der Waals surface area contributed by atoms with Crippen molar-refractivity contribution in [2.24, 2.45) is 0 Å². The molecule has 6 heteroatoms. The lowest BCUT2D eigenvalue weighted by Crippen LogP contribution is -2.46. The Morgan fingerprint density at radius 3 is 2.10 bits per heavy atom. The number of benzene rings is 3. The lowest BCUT2D eigenvalue weighted by Gasteiger charge is -2.28. The highest BCUT2D eigenvalue weighted by Crippen LogP contribution is 2.32. The highest BCUT2D eigenvalue weighted by atomic mass is 35.5. The Morgan fingerprint density at radius 1 is 0.871 bits per heavy atom. The van der Waals surface area contributed by atoms with E-state index in [0.717, 1.165) is 34.4 Å². The molecule has 0 aliphatic carbocycles. The van der Waals surface area contributed by atoms with Crippen molar-refractivity contribution in [1.29, 1.82) is 0 Å². The van der Waals surface area contributed by atoms with Crippen molar-refractivity contribution in [3.8, 4) is 17.2 Å². The number of aliphatic hydroxyl groups excluding tert-OH is 1. The molecule has 0 aliphatic heterocycles. The molecule has 0 bridgehead atoms. The number of methoxy groups -OCH3 is 2. The zero-order valence-electron chi connectivity index (χ0n) is 18.6. The fourth-order valence-corrected chi connectivity index (χ4v) is 3.51. The van der Waals surface area contributed by atoms with E-state index < -0.39 is 6.10 Å². The van der Waals surface area contributed by atoms with E-state index in [1.54, 1.807) is 14.2 Å². The van der Waals surface area contributed by atoms with Gasteiger partial charge in [-0.3, -0.25) is 0 Å². The predicted octanol–water partition coefficient (Wildman–Crippen LogP) is 4.63. The first-order valence-electron chi connectivity index (χ1n) is 10.2. The highest BCUT2D eigenvalue weighted by Gasteiger charge is 2.20. The van der Waals surface area contributed by atoms with Crippen molar-refractivity contribution >= 4 is 23.2 Å². The minimum absolute atomic E-state index is 0. The molecule has 1 unspecified atom stereocenters. The monoisotopic (exact) mass is 445 g/mol. The second-order valence-corrected chi connectivity index (χ2v) is 8.07. The van der Waals surface area contributed by atoms with Gasteiger partial charge in [-0.05, 0) is 50.1 Å². The Morgan fingerprint density at radius 2 is 1.48 bits per heavy atom. The number of β-amino-alcohol motifs (C(OH)–C–C–N with tert-alkyl or cyclic N) is 1. The van der Waals surface area contributed by atoms with Gasteiger partial charge in [0.25, 0.3) is 0 Å². The van der Waals surface area contributed by atoms with Gasteiger partial charge in [0.15, 0.2) is 0 Å². The van der Waals surface area contributed by atoms with Crippen molar-refractivity contribution in [1.82, 2.24) is 5.32 Å². The van der Waals surface area contributed by atoms with E-state index in [9.17, 15) is 5.11 Å². The second kappa shape index (κ2) is 11.2. The maximum Gasteiger partial charge on any atom is 0.127 e. The van der Waals surface area contributed by atoms with Gasteiger partial charge in [0.05, 0.1) is 14.2 Å². The molecule has 0 radical (unpaired) electrons. The number of halogens is 1. The summed E-state index contributed by atoms with van der Waals surface area (Å²) in [7, 11) is 3.32. The second-order valence-electron chi connectivity index (χ2n) is 8.07. The molecule has 31 heavy (non-hydrogen) atoms. The Hall–Kier alpha value is -2.47. The fourth-order valence-electron chi connectivity index (χ4n) is 3.51. The maximum absolute atomic E-state index is 10.5. The summed E-state index contributed by atoms with van der Waals surface area (Å²) in [6.07, 6.45) is 0.217. The summed E-state index contributed by atoms with van der Waals surface area (Å²) < 4.78 is 16.6. The van der Waals surface area contributed by atoms with Crippen LogP contribution in [0.15, 0.2) is 60.7 Å². The van der Waals surface area contributed by atoms with Crippen LogP contribution in [0.4, 0.5) is 0 Å². The number of nitrogens with one attached hydrogen (secondary N) is 1. The molecule has 0 aromatic heterocycles. The van der Waals surface area contributed by atoms with E-state index in [4.69, 9.17) is 14.2 Å². The van der Waals surface area contributed by atoms with E-state index in [2.05, 4.69) is 31.3 Å². The van der Waals surface area contributed by atoms with Gasteiger partial charge in [-0.25, -0.2) is 0 Å². The molecule has 2 N–H and O–H groups in total. The number of fused-ring (bicyclic) bond motifs is 1. The third-order valence-electron chi connectivity index (χ3n) is 5.11. The van der Waals surface area contributed by atoms with Crippen LogP contribution in [0.2, 0.25) is 0 Å². The maximum atomic E-state index is 10.5. The summed E-state index contributed by atoms with van der Waals surface area (Å²) >= 11 is 0. The molecule has 168 valence electrons. The first kappa shape index (κ1) is 24.8. The van der Waals surface area contributed by atoms with Crippen LogP contribution in [0.25, 0.3) is 10.8 Å². The smallest absolute Gasteiger partial charge is 0.127 e. The summed E-state index contributed by atoms with van der Waals surface area (Å²) in [4.78, 5) is 0. The standard InChI is InChI=1S/C25H31NO4.ClH/c1-25(2,15-18-11-13-20(28-3)14-12-18)26-16-19(27)17-30-24-10-6-7-21-22(24)8-5-9-23(21)29-4;/h5-14,19,26-27H,15-17H2,1-4H3;1H. The van der Waals surface area contributed by atoms with Gasteiger partial charge in [-0.15, -0.1) is 12.4 Å². The van der Waals surface area contributed by atoms with E-state index in [1.165, 1.54) is 5.56 Å². The number of hydrogen-bond acceptors (Lipinski definition) is 5. The molecule has 0 heterocycles.